The third kappa shape index (κ3) is 5.16. The number of nitrogens with one attached hydrogen (secondary N) is 4. The van der Waals surface area contributed by atoms with Gasteiger partial charge in [0.2, 0.25) is 0 Å². The number of rotatable bonds is 5. The fourth-order valence-corrected chi connectivity index (χ4v) is 2.47. The van der Waals surface area contributed by atoms with E-state index in [0.717, 1.165) is 12.1 Å². The highest BCUT2D eigenvalue weighted by molar-refractivity contribution is 9.10. The summed E-state index contributed by atoms with van der Waals surface area (Å²) in [6.45, 7) is 3.50. The topological polar surface area (TPSA) is 103 Å². The van der Waals surface area contributed by atoms with Gasteiger partial charge in [-0.3, -0.25) is 25.2 Å². The Morgan fingerprint density at radius 1 is 1.08 bits per heavy atom. The van der Waals surface area contributed by atoms with Gasteiger partial charge in [0.05, 0.1) is 0 Å². The van der Waals surface area contributed by atoms with Gasteiger partial charge in [-0.15, -0.1) is 0 Å². The van der Waals surface area contributed by atoms with Crippen LogP contribution in [-0.2, 0) is 4.79 Å². The molecule has 3 amide bonds. The Kier molecular flexibility index (Phi) is 6.51. The summed E-state index contributed by atoms with van der Waals surface area (Å²) < 4.78 is 13.6. The van der Waals surface area contributed by atoms with Crippen molar-refractivity contribution in [2.45, 2.75) is 19.9 Å². The van der Waals surface area contributed by atoms with E-state index >= 15 is 0 Å². The van der Waals surface area contributed by atoms with Crippen LogP contribution in [0.3, 0.4) is 0 Å². The predicted octanol–water partition coefficient (Wildman–Crippen LogP) is 2.13. The van der Waals surface area contributed by atoms with Crippen molar-refractivity contribution in [2.24, 2.45) is 5.92 Å². The molecule has 7 nitrogen and oxygen atoms in total. The first-order valence-electron chi connectivity index (χ1n) is 7.78. The number of H-pyrrole nitrogens is 1. The van der Waals surface area contributed by atoms with Crippen LogP contribution < -0.4 is 16.2 Å². The normalized spacial score (nSPS) is 11.7. The van der Waals surface area contributed by atoms with Gasteiger partial charge in [-0.25, -0.2) is 4.39 Å². The van der Waals surface area contributed by atoms with Crippen molar-refractivity contribution in [1.29, 1.82) is 0 Å². The van der Waals surface area contributed by atoms with Crippen molar-refractivity contribution >= 4 is 33.7 Å². The van der Waals surface area contributed by atoms with Gasteiger partial charge < -0.3 is 10.3 Å². The smallest absolute Gasteiger partial charge is 0.286 e. The van der Waals surface area contributed by atoms with Gasteiger partial charge in [-0.2, -0.15) is 0 Å². The minimum absolute atomic E-state index is 0.227. The van der Waals surface area contributed by atoms with Crippen molar-refractivity contribution in [3.63, 3.8) is 0 Å². The summed E-state index contributed by atoms with van der Waals surface area (Å²) in [6.07, 6.45) is 1.58. The van der Waals surface area contributed by atoms with E-state index in [1.165, 1.54) is 12.1 Å². The molecule has 0 bridgehead atoms. The first kappa shape index (κ1) is 19.6. The number of benzene rings is 1. The molecule has 26 heavy (non-hydrogen) atoms. The molecule has 2 rings (SSSR count). The molecule has 1 aromatic heterocycles. The molecule has 0 spiro atoms. The largest absolute Gasteiger partial charge is 0.356 e. The first-order valence-corrected chi connectivity index (χ1v) is 8.57. The zero-order valence-corrected chi connectivity index (χ0v) is 15.7. The predicted molar refractivity (Wildman–Crippen MR) is 96.6 cm³/mol. The lowest BCUT2D eigenvalue weighted by Crippen LogP contribution is -2.54. The Labute approximate surface area is 157 Å². The Hall–Kier alpha value is -2.68. The van der Waals surface area contributed by atoms with E-state index in [-0.39, 0.29) is 17.2 Å². The second kappa shape index (κ2) is 8.61. The highest BCUT2D eigenvalue weighted by atomic mass is 79.9. The number of hydrazine groups is 1. The van der Waals surface area contributed by atoms with Crippen LogP contribution in [0.25, 0.3) is 0 Å². The maximum Gasteiger partial charge on any atom is 0.286 e. The molecule has 0 aliphatic heterocycles. The molecule has 138 valence electrons. The molecule has 0 radical (unpaired) electrons. The number of carbonyl (C=O) groups excluding carboxylic acids is 3. The van der Waals surface area contributed by atoms with Crippen LogP contribution in [0.5, 0.6) is 0 Å². The minimum atomic E-state index is -0.886. The average Bonchev–Trinajstić information content (AvgIpc) is 3.04. The number of hydrogen-bond donors (Lipinski definition) is 4. The van der Waals surface area contributed by atoms with Crippen molar-refractivity contribution in [1.82, 2.24) is 21.2 Å². The monoisotopic (exact) mass is 424 g/mol. The minimum Gasteiger partial charge on any atom is -0.356 e. The lowest BCUT2D eigenvalue weighted by Gasteiger charge is -2.21. The quantitative estimate of drug-likeness (QED) is 0.552. The summed E-state index contributed by atoms with van der Waals surface area (Å²) in [5.74, 6) is -2.32. The molecule has 0 aliphatic carbocycles. The SMILES string of the molecule is CC(C)[C@H](NC(=O)c1ccc(F)cc1)C(=O)NNC(=O)c1cc(Br)c[nH]1. The van der Waals surface area contributed by atoms with E-state index in [2.05, 4.69) is 37.1 Å². The first-order chi connectivity index (χ1) is 12.3. The molecular formula is C17H18BrFN4O3. The summed E-state index contributed by atoms with van der Waals surface area (Å²) in [5.41, 5.74) is 5.05. The van der Waals surface area contributed by atoms with Gasteiger partial charge in [-0.05, 0) is 52.2 Å². The number of aromatic amines is 1. The molecule has 1 heterocycles. The summed E-state index contributed by atoms with van der Waals surface area (Å²) in [6, 6.07) is 5.64. The maximum absolute atomic E-state index is 12.9. The van der Waals surface area contributed by atoms with Crippen LogP contribution in [0, 0.1) is 11.7 Å². The Morgan fingerprint density at radius 2 is 1.73 bits per heavy atom. The molecule has 9 heteroatoms. The van der Waals surface area contributed by atoms with Gasteiger partial charge in [0.25, 0.3) is 17.7 Å². The zero-order valence-electron chi connectivity index (χ0n) is 14.1. The molecular weight excluding hydrogens is 407 g/mol. The number of amides is 3. The second-order valence-corrected chi connectivity index (χ2v) is 6.79. The van der Waals surface area contributed by atoms with Crippen LogP contribution in [-0.4, -0.2) is 28.7 Å². The lowest BCUT2D eigenvalue weighted by molar-refractivity contribution is -0.124. The highest BCUT2D eigenvalue weighted by Crippen LogP contribution is 2.10. The zero-order chi connectivity index (χ0) is 19.3. The molecule has 4 N–H and O–H groups in total. The van der Waals surface area contributed by atoms with Crippen LogP contribution in [0.1, 0.15) is 34.7 Å². The van der Waals surface area contributed by atoms with Crippen molar-refractivity contribution in [3.8, 4) is 0 Å². The molecule has 1 atom stereocenters. The third-order valence-corrected chi connectivity index (χ3v) is 3.99. The van der Waals surface area contributed by atoms with Crippen molar-refractivity contribution in [3.05, 3.63) is 58.1 Å². The van der Waals surface area contributed by atoms with Gasteiger partial charge in [0.15, 0.2) is 0 Å². The van der Waals surface area contributed by atoms with E-state index < -0.39 is 29.6 Å². The van der Waals surface area contributed by atoms with Gasteiger partial charge in [-0.1, -0.05) is 13.8 Å². The maximum atomic E-state index is 12.9. The van der Waals surface area contributed by atoms with Gasteiger partial charge >= 0.3 is 0 Å². The van der Waals surface area contributed by atoms with E-state index in [0.29, 0.717) is 4.47 Å². The van der Waals surface area contributed by atoms with Crippen LogP contribution in [0.15, 0.2) is 41.0 Å². The number of halogens is 2. The van der Waals surface area contributed by atoms with Crippen molar-refractivity contribution in [2.75, 3.05) is 0 Å². The highest BCUT2D eigenvalue weighted by Gasteiger charge is 2.25. The molecule has 2 aromatic rings. The summed E-state index contributed by atoms with van der Waals surface area (Å²) in [7, 11) is 0. The standard InChI is InChI=1S/C17H18BrFN4O3/c1-9(2)14(21-15(24)10-3-5-12(19)6-4-10)17(26)23-22-16(25)13-7-11(18)8-20-13/h3-9,14,20H,1-2H3,(H,21,24)(H,22,25)(H,23,26)/t14-/m0/s1. The van der Waals surface area contributed by atoms with E-state index in [1.807, 2.05) is 0 Å². The summed E-state index contributed by atoms with van der Waals surface area (Å²) >= 11 is 3.21. The molecule has 0 fully saturated rings. The molecule has 0 saturated heterocycles. The third-order valence-electron chi connectivity index (χ3n) is 3.53. The van der Waals surface area contributed by atoms with E-state index in [9.17, 15) is 18.8 Å². The van der Waals surface area contributed by atoms with Crippen LogP contribution in [0.2, 0.25) is 0 Å². The van der Waals surface area contributed by atoms with Crippen LogP contribution in [0.4, 0.5) is 4.39 Å². The number of hydrogen-bond acceptors (Lipinski definition) is 3. The fraction of sp³-hybridized carbons (Fsp3) is 0.235. The molecule has 0 aliphatic rings. The van der Waals surface area contributed by atoms with Crippen molar-refractivity contribution < 1.29 is 18.8 Å². The molecule has 1 aromatic carbocycles. The van der Waals surface area contributed by atoms with Gasteiger partial charge in [0.1, 0.15) is 17.6 Å². The Morgan fingerprint density at radius 3 is 2.27 bits per heavy atom. The van der Waals surface area contributed by atoms with Crippen LogP contribution >= 0.6 is 15.9 Å². The second-order valence-electron chi connectivity index (χ2n) is 5.88. The fourth-order valence-electron chi connectivity index (χ4n) is 2.12. The number of carbonyl (C=O) groups is 3. The lowest BCUT2D eigenvalue weighted by atomic mass is 10.0. The number of aromatic nitrogens is 1. The molecule has 0 saturated carbocycles. The molecule has 0 unspecified atom stereocenters. The van der Waals surface area contributed by atoms with Gasteiger partial charge in [0, 0.05) is 16.2 Å². The Balaban J connectivity index is 1.97. The Bertz CT molecular complexity index is 805. The summed E-state index contributed by atoms with van der Waals surface area (Å²) in [5, 5.41) is 2.58. The van der Waals surface area contributed by atoms with E-state index in [1.54, 1.807) is 26.1 Å². The van der Waals surface area contributed by atoms with E-state index in [4.69, 9.17) is 0 Å². The summed E-state index contributed by atoms with van der Waals surface area (Å²) in [4.78, 5) is 39.2. The average molecular weight is 425 g/mol.